The maximum Gasteiger partial charge on any atom is 0.327 e. The molecule has 3 aliphatic heterocycles. The molecule has 2 saturated heterocycles. The summed E-state index contributed by atoms with van der Waals surface area (Å²) in [7, 11) is 0. The number of fused-ring (bicyclic) bond motifs is 1. The van der Waals surface area contributed by atoms with E-state index in [4.69, 9.17) is 4.74 Å². The third-order valence-corrected chi connectivity index (χ3v) is 6.70. The molecule has 5 amide bonds. The summed E-state index contributed by atoms with van der Waals surface area (Å²) in [4.78, 5) is 79.0. The smallest absolute Gasteiger partial charge is 0.327 e. The minimum atomic E-state index is -1.16. The summed E-state index contributed by atoms with van der Waals surface area (Å²) in [6, 6.07) is 4.72. The molecule has 35 heavy (non-hydrogen) atoms. The van der Waals surface area contributed by atoms with Crippen LogP contribution in [0.25, 0.3) is 0 Å². The highest BCUT2D eigenvalue weighted by molar-refractivity contribution is 6.23. The zero-order chi connectivity index (χ0) is 25.1. The second kappa shape index (κ2) is 10.3. The van der Waals surface area contributed by atoms with E-state index in [0.29, 0.717) is 0 Å². The second-order valence-corrected chi connectivity index (χ2v) is 8.88. The number of nitrogens with zero attached hydrogens (tertiary/aromatic N) is 3. The molecule has 1 aromatic carbocycles. The van der Waals surface area contributed by atoms with E-state index in [1.807, 2.05) is 0 Å². The quantitative estimate of drug-likeness (QED) is 0.431. The SMILES string of the molecule is CC(C(=O)NCC(=O)OCN1C(=O)CC[C@H](N2C(=O)c3ccccc3C2=O)C1=O)N1CCCCC1. The number of esters is 1. The molecule has 4 rings (SSSR count). The van der Waals surface area contributed by atoms with Gasteiger partial charge in [-0.2, -0.15) is 0 Å². The van der Waals surface area contributed by atoms with Crippen molar-refractivity contribution >= 4 is 35.5 Å². The Balaban J connectivity index is 1.31. The van der Waals surface area contributed by atoms with Crippen LogP contribution in [-0.4, -0.2) is 88.7 Å². The van der Waals surface area contributed by atoms with E-state index >= 15 is 0 Å². The number of likely N-dealkylation sites (tertiary alicyclic amines) is 2. The van der Waals surface area contributed by atoms with E-state index in [-0.39, 0.29) is 35.9 Å². The predicted molar refractivity (Wildman–Crippen MR) is 121 cm³/mol. The van der Waals surface area contributed by atoms with Gasteiger partial charge in [0, 0.05) is 6.42 Å². The normalized spacial score (nSPS) is 21.7. The number of amides is 5. The van der Waals surface area contributed by atoms with Gasteiger partial charge in [0.25, 0.3) is 17.7 Å². The molecule has 1 aromatic rings. The Hall–Kier alpha value is -3.60. The molecule has 2 fully saturated rings. The Morgan fingerprint density at radius 3 is 2.29 bits per heavy atom. The molecule has 0 saturated carbocycles. The number of benzene rings is 1. The first kappa shape index (κ1) is 24.5. The lowest BCUT2D eigenvalue weighted by molar-refractivity contribution is -0.163. The van der Waals surface area contributed by atoms with Crippen LogP contribution in [0.4, 0.5) is 0 Å². The van der Waals surface area contributed by atoms with Crippen molar-refractivity contribution in [2.24, 2.45) is 0 Å². The number of carbonyl (C=O) groups is 6. The fourth-order valence-electron chi connectivity index (χ4n) is 4.65. The monoisotopic (exact) mass is 484 g/mol. The van der Waals surface area contributed by atoms with Crippen LogP contribution in [0.2, 0.25) is 0 Å². The first-order valence-corrected chi connectivity index (χ1v) is 11.8. The van der Waals surface area contributed by atoms with E-state index in [0.717, 1.165) is 42.2 Å². The summed E-state index contributed by atoms with van der Waals surface area (Å²) < 4.78 is 5.05. The molecule has 11 heteroatoms. The van der Waals surface area contributed by atoms with E-state index in [1.54, 1.807) is 19.1 Å². The summed E-state index contributed by atoms with van der Waals surface area (Å²) in [6.07, 6.45) is 3.10. The Morgan fingerprint density at radius 1 is 1.03 bits per heavy atom. The molecule has 1 N–H and O–H groups in total. The van der Waals surface area contributed by atoms with Crippen molar-refractivity contribution in [3.05, 3.63) is 35.4 Å². The van der Waals surface area contributed by atoms with Gasteiger partial charge in [-0.25, -0.2) is 4.90 Å². The predicted octanol–water partition coefficient (Wildman–Crippen LogP) is 0.292. The van der Waals surface area contributed by atoms with Gasteiger partial charge in [0.05, 0.1) is 17.2 Å². The molecule has 1 unspecified atom stereocenters. The summed E-state index contributed by atoms with van der Waals surface area (Å²) in [5.74, 6) is -3.67. The van der Waals surface area contributed by atoms with Gasteiger partial charge in [-0.05, 0) is 51.4 Å². The van der Waals surface area contributed by atoms with Gasteiger partial charge in [0.15, 0.2) is 6.73 Å². The third-order valence-electron chi connectivity index (χ3n) is 6.70. The first-order valence-electron chi connectivity index (χ1n) is 11.8. The molecular weight excluding hydrogens is 456 g/mol. The van der Waals surface area contributed by atoms with Gasteiger partial charge in [0.1, 0.15) is 12.6 Å². The Morgan fingerprint density at radius 2 is 1.66 bits per heavy atom. The van der Waals surface area contributed by atoms with Crippen LogP contribution in [-0.2, 0) is 23.9 Å². The molecule has 11 nitrogen and oxygen atoms in total. The van der Waals surface area contributed by atoms with Crippen LogP contribution < -0.4 is 5.32 Å². The highest BCUT2D eigenvalue weighted by atomic mass is 16.5. The zero-order valence-corrected chi connectivity index (χ0v) is 19.5. The van der Waals surface area contributed by atoms with Gasteiger partial charge in [-0.1, -0.05) is 18.6 Å². The number of imide groups is 2. The number of hydrogen-bond acceptors (Lipinski definition) is 8. The van der Waals surface area contributed by atoms with E-state index in [9.17, 15) is 28.8 Å². The highest BCUT2D eigenvalue weighted by Crippen LogP contribution is 2.29. The van der Waals surface area contributed by atoms with Crippen LogP contribution in [0.3, 0.4) is 0 Å². The number of carbonyl (C=O) groups excluding carboxylic acids is 6. The molecule has 0 aromatic heterocycles. The summed E-state index contributed by atoms with van der Waals surface area (Å²) >= 11 is 0. The van der Waals surface area contributed by atoms with Gasteiger partial charge >= 0.3 is 5.97 Å². The first-order chi connectivity index (χ1) is 16.8. The maximum absolute atomic E-state index is 13.0. The Kier molecular flexibility index (Phi) is 7.25. The molecule has 0 radical (unpaired) electrons. The van der Waals surface area contributed by atoms with Crippen molar-refractivity contribution in [3.63, 3.8) is 0 Å². The molecule has 2 atom stereocenters. The summed E-state index contributed by atoms with van der Waals surface area (Å²) in [5.41, 5.74) is 0.407. The average Bonchev–Trinajstić information content (AvgIpc) is 3.12. The van der Waals surface area contributed by atoms with Crippen LogP contribution in [0.15, 0.2) is 24.3 Å². The molecule has 0 bridgehead atoms. The maximum atomic E-state index is 13.0. The number of hydrogen-bond donors (Lipinski definition) is 1. The van der Waals surface area contributed by atoms with Gasteiger partial charge in [-0.15, -0.1) is 0 Å². The van der Waals surface area contributed by atoms with E-state index in [1.165, 1.54) is 12.1 Å². The molecule has 3 heterocycles. The molecule has 3 aliphatic rings. The van der Waals surface area contributed by atoms with Crippen molar-refractivity contribution in [3.8, 4) is 0 Å². The number of piperidine rings is 2. The van der Waals surface area contributed by atoms with Crippen LogP contribution in [0, 0.1) is 0 Å². The fourth-order valence-corrected chi connectivity index (χ4v) is 4.65. The number of rotatable bonds is 7. The third kappa shape index (κ3) is 4.95. The number of nitrogens with one attached hydrogen (secondary N) is 1. The Bertz CT molecular complexity index is 1030. The lowest BCUT2D eigenvalue weighted by atomic mass is 10.0. The standard InChI is InChI=1S/C24H28N4O7/c1-15(26-11-5-2-6-12-26)21(31)25-13-20(30)35-14-27-19(29)10-9-18(24(27)34)28-22(32)16-7-3-4-8-17(16)23(28)33/h3-4,7-8,15,18H,2,5-6,9-14H2,1H3,(H,25,31)/t15?,18-/m0/s1. The largest absolute Gasteiger partial charge is 0.442 e. The van der Waals surface area contributed by atoms with Crippen molar-refractivity contribution in [2.75, 3.05) is 26.4 Å². The minimum Gasteiger partial charge on any atom is -0.442 e. The topological polar surface area (TPSA) is 133 Å². The fraction of sp³-hybridized carbons (Fsp3) is 0.500. The molecule has 0 spiro atoms. The second-order valence-electron chi connectivity index (χ2n) is 8.88. The highest BCUT2D eigenvalue weighted by Gasteiger charge is 2.47. The van der Waals surface area contributed by atoms with Crippen molar-refractivity contribution < 1.29 is 33.5 Å². The lowest BCUT2D eigenvalue weighted by Crippen LogP contribution is -2.56. The van der Waals surface area contributed by atoms with Crippen molar-refractivity contribution in [1.29, 1.82) is 0 Å². The van der Waals surface area contributed by atoms with Crippen LogP contribution >= 0.6 is 0 Å². The lowest BCUT2D eigenvalue weighted by Gasteiger charge is -2.34. The molecular formula is C24H28N4O7. The van der Waals surface area contributed by atoms with Crippen molar-refractivity contribution in [1.82, 2.24) is 20.0 Å². The van der Waals surface area contributed by atoms with Crippen LogP contribution in [0.1, 0.15) is 59.7 Å². The average molecular weight is 485 g/mol. The zero-order valence-electron chi connectivity index (χ0n) is 19.5. The van der Waals surface area contributed by atoms with Crippen LogP contribution in [0.5, 0.6) is 0 Å². The van der Waals surface area contributed by atoms with Crippen molar-refractivity contribution in [2.45, 2.75) is 51.1 Å². The van der Waals surface area contributed by atoms with Gasteiger partial charge in [0.2, 0.25) is 11.8 Å². The van der Waals surface area contributed by atoms with Gasteiger partial charge < -0.3 is 10.1 Å². The summed E-state index contributed by atoms with van der Waals surface area (Å²) in [5, 5.41) is 2.52. The molecule has 0 aliphatic carbocycles. The number of ether oxygens (including phenoxy) is 1. The van der Waals surface area contributed by atoms with Gasteiger partial charge in [-0.3, -0.25) is 38.6 Å². The van der Waals surface area contributed by atoms with E-state index in [2.05, 4.69) is 10.2 Å². The Labute approximate surface area is 202 Å². The van der Waals surface area contributed by atoms with E-state index < -0.39 is 48.9 Å². The molecule has 186 valence electrons. The summed E-state index contributed by atoms with van der Waals surface area (Å²) in [6.45, 7) is 2.36. The minimum absolute atomic E-state index is 0.00196.